The van der Waals surface area contributed by atoms with E-state index in [4.69, 9.17) is 11.6 Å². The predicted octanol–water partition coefficient (Wildman–Crippen LogP) is 6.06. The number of rotatable bonds is 3. The van der Waals surface area contributed by atoms with Crippen molar-refractivity contribution in [2.75, 3.05) is 0 Å². The molecule has 2 aromatic rings. The molecule has 0 amide bonds. The quantitative estimate of drug-likeness (QED) is 0.540. The maximum absolute atomic E-state index is 13.6. The first-order valence-corrected chi connectivity index (χ1v) is 7.59. The smallest absolute Gasteiger partial charge is 0.129 e. The Morgan fingerprint density at radius 2 is 1.74 bits per heavy atom. The molecule has 2 rings (SSSR count). The van der Waals surface area contributed by atoms with Crippen LogP contribution in [0.4, 0.5) is 8.78 Å². The summed E-state index contributed by atoms with van der Waals surface area (Å²) in [4.78, 5) is -0.250. The maximum Gasteiger partial charge on any atom is 0.129 e. The van der Waals surface area contributed by atoms with Gasteiger partial charge in [0.05, 0.1) is 0 Å². The number of hydrogen-bond donors (Lipinski definition) is 0. The molecule has 0 saturated heterocycles. The molecule has 0 nitrogen and oxygen atoms in total. The van der Waals surface area contributed by atoms with E-state index in [2.05, 4.69) is 31.9 Å². The van der Waals surface area contributed by atoms with Gasteiger partial charge in [0.25, 0.3) is 0 Å². The van der Waals surface area contributed by atoms with Crippen molar-refractivity contribution in [1.82, 2.24) is 0 Å². The van der Waals surface area contributed by atoms with Crippen LogP contribution in [0.25, 0.3) is 0 Å². The van der Waals surface area contributed by atoms with Crippen LogP contribution in [-0.4, -0.2) is 0 Å². The fourth-order valence-corrected chi connectivity index (χ4v) is 3.43. The Labute approximate surface area is 132 Å². The topological polar surface area (TPSA) is 0 Å². The minimum Gasteiger partial charge on any atom is -0.207 e. The highest BCUT2D eigenvalue weighted by Gasteiger charge is 2.17. The third-order valence-corrected chi connectivity index (χ3v) is 4.38. The lowest BCUT2D eigenvalue weighted by molar-refractivity contribution is 0.554. The largest absolute Gasteiger partial charge is 0.207 e. The van der Waals surface area contributed by atoms with Gasteiger partial charge in [-0.3, -0.25) is 0 Å². The summed E-state index contributed by atoms with van der Waals surface area (Å²) in [7, 11) is 0. The molecule has 0 spiro atoms. The Hall–Kier alpha value is -0.450. The van der Waals surface area contributed by atoms with Crippen molar-refractivity contribution < 1.29 is 8.78 Å². The lowest BCUT2D eigenvalue weighted by atomic mass is 10.0. The number of alkyl halides is 1. The fraction of sp³-hybridized carbons (Fsp3) is 0.143. The zero-order valence-corrected chi connectivity index (χ0v) is 13.6. The first-order valence-electron chi connectivity index (χ1n) is 5.51. The van der Waals surface area contributed by atoms with Gasteiger partial charge in [-0.15, -0.1) is 0 Å². The Balaban J connectivity index is 2.28. The van der Waals surface area contributed by atoms with Gasteiger partial charge in [0.2, 0.25) is 0 Å². The summed E-state index contributed by atoms with van der Waals surface area (Å²) in [6.07, 6.45) is 0.194. The van der Waals surface area contributed by atoms with Crippen molar-refractivity contribution in [3.8, 4) is 0 Å². The van der Waals surface area contributed by atoms with Gasteiger partial charge in [-0.05, 0) is 36.2 Å². The zero-order chi connectivity index (χ0) is 14.0. The van der Waals surface area contributed by atoms with Gasteiger partial charge in [0, 0.05) is 19.9 Å². The Kier molecular flexibility index (Phi) is 4.98. The first kappa shape index (κ1) is 14.9. The van der Waals surface area contributed by atoms with Gasteiger partial charge >= 0.3 is 0 Å². The molecule has 1 atom stereocenters. The van der Waals surface area contributed by atoms with Gasteiger partial charge in [-0.2, -0.15) is 0 Å². The van der Waals surface area contributed by atoms with Crippen LogP contribution in [0.15, 0.2) is 40.9 Å². The van der Waals surface area contributed by atoms with Crippen molar-refractivity contribution in [3.05, 3.63) is 68.7 Å². The summed E-state index contributed by atoms with van der Waals surface area (Å²) in [5.74, 6) is -1.09. The molecule has 0 saturated carbocycles. The third kappa shape index (κ3) is 3.56. The SMILES string of the molecule is Fc1cccc(F)c1CC(Br)c1ccc(Br)cc1Cl. The van der Waals surface area contributed by atoms with Gasteiger partial charge < -0.3 is 0 Å². The van der Waals surface area contributed by atoms with Crippen molar-refractivity contribution >= 4 is 43.5 Å². The molecular weight excluding hydrogens is 401 g/mol. The molecule has 0 N–H and O–H groups in total. The van der Waals surface area contributed by atoms with Crippen LogP contribution in [0.5, 0.6) is 0 Å². The van der Waals surface area contributed by atoms with E-state index in [-0.39, 0.29) is 16.8 Å². The lowest BCUT2D eigenvalue weighted by Gasteiger charge is -2.13. The summed E-state index contributed by atoms with van der Waals surface area (Å²) in [6.45, 7) is 0. The average Bonchev–Trinajstić information content (AvgIpc) is 2.33. The fourth-order valence-electron chi connectivity index (χ4n) is 1.77. The summed E-state index contributed by atoms with van der Waals surface area (Å²) >= 11 is 12.9. The maximum atomic E-state index is 13.6. The van der Waals surface area contributed by atoms with E-state index in [0.717, 1.165) is 10.0 Å². The Bertz CT molecular complexity index is 582. The van der Waals surface area contributed by atoms with Crippen LogP contribution in [0.2, 0.25) is 5.02 Å². The first-order chi connectivity index (χ1) is 8.99. The van der Waals surface area contributed by atoms with Crippen molar-refractivity contribution in [3.63, 3.8) is 0 Å². The van der Waals surface area contributed by atoms with Gasteiger partial charge in [-0.1, -0.05) is 55.6 Å². The third-order valence-electron chi connectivity index (χ3n) is 2.74. The van der Waals surface area contributed by atoms with E-state index in [1.807, 2.05) is 12.1 Å². The molecule has 0 fully saturated rings. The molecule has 19 heavy (non-hydrogen) atoms. The molecule has 1 unspecified atom stereocenters. The van der Waals surface area contributed by atoms with Crippen LogP contribution in [0, 0.1) is 11.6 Å². The molecule has 5 heteroatoms. The monoisotopic (exact) mass is 408 g/mol. The molecule has 0 aliphatic rings. The standard InChI is InChI=1S/C14H9Br2ClF2/c15-8-4-5-9(12(17)6-8)11(16)7-10-13(18)2-1-3-14(10)19/h1-6,11H,7H2. The normalized spacial score (nSPS) is 12.5. The number of hydrogen-bond acceptors (Lipinski definition) is 0. The highest BCUT2D eigenvalue weighted by atomic mass is 79.9. The van der Waals surface area contributed by atoms with Crippen LogP contribution in [0.1, 0.15) is 16.0 Å². The van der Waals surface area contributed by atoms with Crippen molar-refractivity contribution in [2.24, 2.45) is 0 Å². The van der Waals surface area contributed by atoms with Crippen LogP contribution in [-0.2, 0) is 6.42 Å². The molecule has 0 aliphatic carbocycles. The molecule has 0 aliphatic heterocycles. The second-order valence-corrected chi connectivity index (χ2v) is 6.47. The average molecular weight is 410 g/mol. The summed E-state index contributed by atoms with van der Waals surface area (Å²) in [5.41, 5.74) is 0.857. The molecule has 0 aromatic heterocycles. The molecular formula is C14H9Br2ClF2. The molecule has 0 radical (unpaired) electrons. The van der Waals surface area contributed by atoms with E-state index in [0.29, 0.717) is 5.02 Å². The van der Waals surface area contributed by atoms with Crippen LogP contribution in [0.3, 0.4) is 0 Å². The van der Waals surface area contributed by atoms with E-state index in [1.54, 1.807) is 6.07 Å². The molecule has 0 bridgehead atoms. The lowest BCUT2D eigenvalue weighted by Crippen LogP contribution is -2.01. The Morgan fingerprint density at radius 3 is 2.32 bits per heavy atom. The summed E-state index contributed by atoms with van der Waals surface area (Å²) in [5, 5.41) is 0.549. The van der Waals surface area contributed by atoms with Gasteiger partial charge in [0.1, 0.15) is 11.6 Å². The predicted molar refractivity (Wildman–Crippen MR) is 80.9 cm³/mol. The molecule has 100 valence electrons. The van der Waals surface area contributed by atoms with E-state index >= 15 is 0 Å². The summed E-state index contributed by atoms with van der Waals surface area (Å²) in [6, 6.07) is 9.27. The summed E-state index contributed by atoms with van der Waals surface area (Å²) < 4.78 is 28.0. The second kappa shape index (κ2) is 6.33. The van der Waals surface area contributed by atoms with Gasteiger partial charge in [0.15, 0.2) is 0 Å². The van der Waals surface area contributed by atoms with Crippen LogP contribution < -0.4 is 0 Å². The van der Waals surface area contributed by atoms with Gasteiger partial charge in [-0.25, -0.2) is 8.78 Å². The number of halogens is 5. The van der Waals surface area contributed by atoms with E-state index < -0.39 is 11.6 Å². The van der Waals surface area contributed by atoms with Crippen molar-refractivity contribution in [1.29, 1.82) is 0 Å². The molecule has 2 aromatic carbocycles. The zero-order valence-electron chi connectivity index (χ0n) is 9.64. The second-order valence-electron chi connectivity index (χ2n) is 4.04. The van der Waals surface area contributed by atoms with Crippen molar-refractivity contribution in [2.45, 2.75) is 11.2 Å². The van der Waals surface area contributed by atoms with Crippen LogP contribution >= 0.6 is 43.5 Å². The highest BCUT2D eigenvalue weighted by Crippen LogP contribution is 2.34. The van der Waals surface area contributed by atoms with E-state index in [1.165, 1.54) is 18.2 Å². The molecule has 0 heterocycles. The minimum atomic E-state index is -0.544. The highest BCUT2D eigenvalue weighted by molar-refractivity contribution is 9.10. The minimum absolute atomic E-state index is 0.0587. The Morgan fingerprint density at radius 1 is 1.11 bits per heavy atom. The number of benzene rings is 2. The van der Waals surface area contributed by atoms with E-state index in [9.17, 15) is 8.78 Å².